The lowest BCUT2D eigenvalue weighted by Gasteiger charge is -2.15. The minimum atomic E-state index is -4.16. The molecule has 1 saturated carbocycles. The van der Waals surface area contributed by atoms with E-state index in [4.69, 9.17) is 5.73 Å². The second-order valence-electron chi connectivity index (χ2n) is 5.28. The van der Waals surface area contributed by atoms with Gasteiger partial charge in [0.05, 0.1) is 6.04 Å². The predicted octanol–water partition coefficient (Wildman–Crippen LogP) is 0.662. The van der Waals surface area contributed by atoms with E-state index in [0.717, 1.165) is 18.9 Å². The largest absolute Gasteiger partial charge is 0.399 e. The first-order valence-corrected chi connectivity index (χ1v) is 8.07. The van der Waals surface area contributed by atoms with Crippen LogP contribution in [-0.2, 0) is 14.8 Å². The zero-order valence-corrected chi connectivity index (χ0v) is 12.6. The van der Waals surface area contributed by atoms with Crippen molar-refractivity contribution < 1.29 is 17.6 Å². The van der Waals surface area contributed by atoms with Crippen molar-refractivity contribution in [3.63, 3.8) is 0 Å². The molecule has 21 heavy (non-hydrogen) atoms. The molecule has 0 aromatic heterocycles. The average molecular weight is 315 g/mol. The molecular formula is C13H18FN3O3S. The molecule has 0 heterocycles. The minimum absolute atomic E-state index is 0.121. The number of carbonyl (C=O) groups is 1. The van der Waals surface area contributed by atoms with Crippen LogP contribution in [0.3, 0.4) is 0 Å². The van der Waals surface area contributed by atoms with Crippen LogP contribution in [0.1, 0.15) is 25.3 Å². The molecule has 1 aliphatic carbocycles. The fraction of sp³-hybridized carbons (Fsp3) is 0.462. The van der Waals surface area contributed by atoms with E-state index in [2.05, 4.69) is 10.0 Å². The van der Waals surface area contributed by atoms with Gasteiger partial charge in [0.1, 0.15) is 10.7 Å². The molecule has 4 N–H and O–H groups in total. The normalized spacial score (nSPS) is 16.5. The number of carbonyl (C=O) groups excluding carboxylic acids is 1. The number of aryl methyl sites for hydroxylation is 1. The number of anilines is 1. The lowest BCUT2D eigenvalue weighted by Crippen LogP contribution is -2.45. The molecule has 0 bridgehead atoms. The molecule has 8 heteroatoms. The molecule has 0 radical (unpaired) electrons. The Hall–Kier alpha value is -1.67. The van der Waals surface area contributed by atoms with Crippen LogP contribution >= 0.6 is 0 Å². The van der Waals surface area contributed by atoms with Gasteiger partial charge >= 0.3 is 0 Å². The number of benzene rings is 1. The summed E-state index contributed by atoms with van der Waals surface area (Å²) < 4.78 is 40.5. The third-order valence-corrected chi connectivity index (χ3v) is 4.72. The summed E-state index contributed by atoms with van der Waals surface area (Å²) in [7, 11) is -4.16. The number of nitrogens with one attached hydrogen (secondary N) is 2. The quantitative estimate of drug-likeness (QED) is 0.695. The molecule has 1 aliphatic rings. The Morgan fingerprint density at radius 1 is 1.43 bits per heavy atom. The van der Waals surface area contributed by atoms with Gasteiger partial charge in [0.25, 0.3) is 0 Å². The van der Waals surface area contributed by atoms with Crippen molar-refractivity contribution in [3.8, 4) is 0 Å². The Balaban J connectivity index is 2.19. The standard InChI is InChI=1S/C13H18FN3O3S/c1-7-5-9(15)6-11(12(7)14)21(19,20)17-8(2)13(18)16-10-3-4-10/h5-6,8,10,17H,3-4,15H2,1-2H3,(H,16,18). The SMILES string of the molecule is Cc1cc(N)cc(S(=O)(=O)NC(C)C(=O)NC2CC2)c1F. The molecule has 1 fully saturated rings. The Kier molecular flexibility index (Phi) is 4.20. The Morgan fingerprint density at radius 3 is 2.62 bits per heavy atom. The molecule has 1 aromatic rings. The molecule has 1 atom stereocenters. The van der Waals surface area contributed by atoms with Crippen LogP contribution in [0.2, 0.25) is 0 Å². The highest BCUT2D eigenvalue weighted by molar-refractivity contribution is 7.89. The molecule has 1 unspecified atom stereocenters. The number of rotatable bonds is 5. The number of halogens is 1. The fourth-order valence-corrected chi connectivity index (χ4v) is 3.25. The zero-order valence-electron chi connectivity index (χ0n) is 11.8. The van der Waals surface area contributed by atoms with Gasteiger partial charge in [-0.1, -0.05) is 0 Å². The van der Waals surface area contributed by atoms with Crippen LogP contribution in [0.15, 0.2) is 17.0 Å². The van der Waals surface area contributed by atoms with Crippen LogP contribution < -0.4 is 15.8 Å². The van der Waals surface area contributed by atoms with Gasteiger partial charge in [0, 0.05) is 11.7 Å². The third-order valence-electron chi connectivity index (χ3n) is 3.18. The first kappa shape index (κ1) is 15.7. The van der Waals surface area contributed by atoms with Crippen LogP contribution in [0, 0.1) is 12.7 Å². The molecule has 2 rings (SSSR count). The molecule has 0 aliphatic heterocycles. The van der Waals surface area contributed by atoms with Gasteiger partial charge in [-0.05, 0) is 44.4 Å². The highest BCUT2D eigenvalue weighted by Gasteiger charge is 2.29. The van der Waals surface area contributed by atoms with Crippen molar-refractivity contribution >= 4 is 21.6 Å². The number of nitrogen functional groups attached to an aromatic ring is 1. The van der Waals surface area contributed by atoms with Crippen LogP contribution in [-0.4, -0.2) is 26.4 Å². The van der Waals surface area contributed by atoms with E-state index in [9.17, 15) is 17.6 Å². The summed E-state index contributed by atoms with van der Waals surface area (Å²) in [6.07, 6.45) is 1.79. The topological polar surface area (TPSA) is 101 Å². The number of sulfonamides is 1. The van der Waals surface area contributed by atoms with Gasteiger partial charge < -0.3 is 11.1 Å². The van der Waals surface area contributed by atoms with Gasteiger partial charge in [0.2, 0.25) is 15.9 Å². The van der Waals surface area contributed by atoms with Crippen LogP contribution in [0.5, 0.6) is 0 Å². The molecule has 6 nitrogen and oxygen atoms in total. The summed E-state index contributed by atoms with van der Waals surface area (Å²) in [5.74, 6) is -1.30. The number of hydrogen-bond donors (Lipinski definition) is 3. The van der Waals surface area contributed by atoms with Gasteiger partial charge in [-0.15, -0.1) is 0 Å². The Morgan fingerprint density at radius 2 is 2.05 bits per heavy atom. The molecule has 0 spiro atoms. The number of hydrogen-bond acceptors (Lipinski definition) is 4. The maximum absolute atomic E-state index is 14.0. The van der Waals surface area contributed by atoms with E-state index in [1.807, 2.05) is 0 Å². The smallest absolute Gasteiger partial charge is 0.244 e. The van der Waals surface area contributed by atoms with Crippen molar-refractivity contribution in [2.24, 2.45) is 0 Å². The van der Waals surface area contributed by atoms with E-state index < -0.39 is 32.7 Å². The summed E-state index contributed by atoms with van der Waals surface area (Å²) in [6, 6.07) is 1.51. The highest BCUT2D eigenvalue weighted by atomic mass is 32.2. The van der Waals surface area contributed by atoms with Gasteiger partial charge in [-0.2, -0.15) is 4.72 Å². The molecule has 1 amide bonds. The van der Waals surface area contributed by atoms with Gasteiger partial charge in [-0.25, -0.2) is 12.8 Å². The fourth-order valence-electron chi connectivity index (χ4n) is 1.86. The second kappa shape index (κ2) is 5.61. The first-order chi connectivity index (χ1) is 9.70. The van der Waals surface area contributed by atoms with Crippen molar-refractivity contribution in [3.05, 3.63) is 23.5 Å². The zero-order chi connectivity index (χ0) is 15.8. The van der Waals surface area contributed by atoms with Gasteiger partial charge in [-0.3, -0.25) is 4.79 Å². The lowest BCUT2D eigenvalue weighted by atomic mass is 10.2. The molecule has 1 aromatic carbocycles. The molecular weight excluding hydrogens is 297 g/mol. The third kappa shape index (κ3) is 3.70. The maximum Gasteiger partial charge on any atom is 0.244 e. The van der Waals surface area contributed by atoms with E-state index in [1.165, 1.54) is 19.9 Å². The number of amides is 1. The molecule has 0 saturated heterocycles. The van der Waals surface area contributed by atoms with E-state index in [1.54, 1.807) is 0 Å². The first-order valence-electron chi connectivity index (χ1n) is 6.59. The maximum atomic E-state index is 14.0. The summed E-state index contributed by atoms with van der Waals surface area (Å²) in [5, 5.41) is 2.68. The van der Waals surface area contributed by atoms with Crippen molar-refractivity contribution in [2.75, 3.05) is 5.73 Å². The summed E-state index contributed by atoms with van der Waals surface area (Å²) in [5.41, 5.74) is 5.82. The summed E-state index contributed by atoms with van der Waals surface area (Å²) in [4.78, 5) is 11.2. The predicted molar refractivity (Wildman–Crippen MR) is 76.5 cm³/mol. The van der Waals surface area contributed by atoms with Crippen molar-refractivity contribution in [1.29, 1.82) is 0 Å². The van der Waals surface area contributed by atoms with Crippen LogP contribution in [0.4, 0.5) is 10.1 Å². The van der Waals surface area contributed by atoms with E-state index in [0.29, 0.717) is 0 Å². The van der Waals surface area contributed by atoms with E-state index >= 15 is 0 Å². The minimum Gasteiger partial charge on any atom is -0.399 e. The molecule has 116 valence electrons. The average Bonchev–Trinajstić information content (AvgIpc) is 3.16. The lowest BCUT2D eigenvalue weighted by molar-refractivity contribution is -0.122. The Labute approximate surface area is 123 Å². The van der Waals surface area contributed by atoms with Crippen LogP contribution in [0.25, 0.3) is 0 Å². The summed E-state index contributed by atoms with van der Waals surface area (Å²) >= 11 is 0. The second-order valence-corrected chi connectivity index (χ2v) is 6.96. The Bertz CT molecular complexity index is 671. The van der Waals surface area contributed by atoms with Gasteiger partial charge in [0.15, 0.2) is 0 Å². The highest BCUT2D eigenvalue weighted by Crippen LogP contribution is 2.22. The van der Waals surface area contributed by atoms with E-state index in [-0.39, 0.29) is 17.3 Å². The van der Waals surface area contributed by atoms with Crippen molar-refractivity contribution in [2.45, 2.75) is 43.7 Å². The summed E-state index contributed by atoms with van der Waals surface area (Å²) in [6.45, 7) is 2.83. The number of nitrogens with two attached hydrogens (primary N) is 1. The monoisotopic (exact) mass is 315 g/mol. The van der Waals surface area contributed by atoms with Crippen molar-refractivity contribution in [1.82, 2.24) is 10.0 Å².